The molecule has 4 nitrogen and oxygen atoms in total. The molecule has 1 aliphatic heterocycles. The summed E-state index contributed by atoms with van der Waals surface area (Å²) >= 11 is 0. The third-order valence-electron chi connectivity index (χ3n) is 5.21. The fourth-order valence-corrected chi connectivity index (χ4v) is 3.84. The quantitative estimate of drug-likeness (QED) is 0.643. The molecule has 3 rings (SSSR count). The van der Waals surface area contributed by atoms with Gasteiger partial charge < -0.3 is 15.5 Å². The van der Waals surface area contributed by atoms with E-state index in [9.17, 15) is 0 Å². The number of rotatable bonds is 5. The topological polar surface area (TPSA) is 39.7 Å². The van der Waals surface area contributed by atoms with E-state index in [2.05, 4.69) is 52.8 Å². The predicted octanol–water partition coefficient (Wildman–Crippen LogP) is 3.40. The van der Waals surface area contributed by atoms with Crippen LogP contribution in [0.15, 0.2) is 35.3 Å². The largest absolute Gasteiger partial charge is 0.371 e. The number of hydrogen-bond donors (Lipinski definition) is 2. The molecule has 0 amide bonds. The Bertz CT molecular complexity index is 508. The zero-order chi connectivity index (χ0) is 16.6. The number of nitrogens with one attached hydrogen (secondary N) is 2. The van der Waals surface area contributed by atoms with Crippen molar-refractivity contribution in [2.45, 2.75) is 51.5 Å². The van der Waals surface area contributed by atoms with Crippen molar-refractivity contribution in [1.29, 1.82) is 0 Å². The van der Waals surface area contributed by atoms with Crippen molar-refractivity contribution in [2.75, 3.05) is 31.1 Å². The average Bonchev–Trinajstić information content (AvgIpc) is 3.11. The molecule has 1 unspecified atom stereocenters. The Morgan fingerprint density at radius 3 is 2.67 bits per heavy atom. The fraction of sp³-hybridized carbons (Fsp3) is 0.650. The van der Waals surface area contributed by atoms with E-state index < -0.39 is 0 Å². The van der Waals surface area contributed by atoms with Gasteiger partial charge in [-0.25, -0.2) is 0 Å². The van der Waals surface area contributed by atoms with Gasteiger partial charge in [-0.1, -0.05) is 37.5 Å². The molecule has 2 fully saturated rings. The van der Waals surface area contributed by atoms with Crippen LogP contribution in [0.1, 0.15) is 45.4 Å². The summed E-state index contributed by atoms with van der Waals surface area (Å²) in [4.78, 5) is 7.37. The highest BCUT2D eigenvalue weighted by Crippen LogP contribution is 2.23. The van der Waals surface area contributed by atoms with Crippen LogP contribution in [0.5, 0.6) is 0 Å². The number of hydrogen-bond acceptors (Lipinski definition) is 2. The first-order valence-electron chi connectivity index (χ1n) is 9.70. The van der Waals surface area contributed by atoms with Crippen LogP contribution in [0.4, 0.5) is 5.69 Å². The molecule has 132 valence electrons. The first-order chi connectivity index (χ1) is 11.8. The summed E-state index contributed by atoms with van der Waals surface area (Å²) in [6.07, 6.45) is 7.91. The molecule has 1 aliphatic carbocycles. The Morgan fingerprint density at radius 2 is 1.92 bits per heavy atom. The number of guanidine groups is 1. The molecule has 1 heterocycles. The zero-order valence-electron chi connectivity index (χ0n) is 15.0. The molecule has 24 heavy (non-hydrogen) atoms. The highest BCUT2D eigenvalue weighted by atomic mass is 15.2. The molecule has 0 radical (unpaired) electrons. The van der Waals surface area contributed by atoms with Gasteiger partial charge in [0.1, 0.15) is 0 Å². The second-order valence-corrected chi connectivity index (χ2v) is 7.14. The Morgan fingerprint density at radius 1 is 1.12 bits per heavy atom. The minimum Gasteiger partial charge on any atom is -0.371 e. The van der Waals surface area contributed by atoms with E-state index in [1.165, 1.54) is 44.2 Å². The molecule has 1 aromatic rings. The summed E-state index contributed by atoms with van der Waals surface area (Å²) < 4.78 is 0. The molecule has 2 aliphatic rings. The van der Waals surface area contributed by atoms with E-state index in [1.54, 1.807) is 0 Å². The van der Waals surface area contributed by atoms with Gasteiger partial charge in [-0.3, -0.25) is 4.99 Å². The number of nitrogens with zero attached hydrogens (tertiary/aromatic N) is 2. The Labute approximate surface area is 146 Å². The SMILES string of the molecule is CCNC(=NCC1CCN(c2ccccc2)C1)NC1CCCCC1. The molecule has 1 atom stereocenters. The predicted molar refractivity (Wildman–Crippen MR) is 103 cm³/mol. The second-order valence-electron chi connectivity index (χ2n) is 7.14. The second kappa shape index (κ2) is 8.95. The fourth-order valence-electron chi connectivity index (χ4n) is 3.84. The zero-order valence-corrected chi connectivity index (χ0v) is 15.0. The van der Waals surface area contributed by atoms with Crippen LogP contribution in [0.2, 0.25) is 0 Å². The van der Waals surface area contributed by atoms with Gasteiger partial charge >= 0.3 is 0 Å². The van der Waals surface area contributed by atoms with Crippen molar-refractivity contribution in [1.82, 2.24) is 10.6 Å². The van der Waals surface area contributed by atoms with E-state index in [0.29, 0.717) is 12.0 Å². The van der Waals surface area contributed by atoms with Crippen LogP contribution in [-0.2, 0) is 0 Å². The number of benzene rings is 1. The van der Waals surface area contributed by atoms with Crippen molar-refractivity contribution in [3.8, 4) is 0 Å². The monoisotopic (exact) mass is 328 g/mol. The van der Waals surface area contributed by atoms with Crippen LogP contribution in [0.25, 0.3) is 0 Å². The van der Waals surface area contributed by atoms with Crippen LogP contribution in [-0.4, -0.2) is 38.2 Å². The summed E-state index contributed by atoms with van der Waals surface area (Å²) in [5.74, 6) is 1.68. The average molecular weight is 329 g/mol. The summed E-state index contributed by atoms with van der Waals surface area (Å²) in [6.45, 7) is 6.27. The summed E-state index contributed by atoms with van der Waals surface area (Å²) in [7, 11) is 0. The van der Waals surface area contributed by atoms with Gasteiger partial charge in [0, 0.05) is 37.9 Å². The Kier molecular flexibility index (Phi) is 6.39. The lowest BCUT2D eigenvalue weighted by Gasteiger charge is -2.25. The molecule has 0 aromatic heterocycles. The van der Waals surface area contributed by atoms with E-state index in [1.807, 2.05) is 0 Å². The third-order valence-corrected chi connectivity index (χ3v) is 5.21. The van der Waals surface area contributed by atoms with Gasteiger partial charge in [-0.2, -0.15) is 0 Å². The van der Waals surface area contributed by atoms with E-state index in [0.717, 1.165) is 32.1 Å². The van der Waals surface area contributed by atoms with Crippen LogP contribution in [0.3, 0.4) is 0 Å². The van der Waals surface area contributed by atoms with Gasteiger partial charge in [0.05, 0.1) is 0 Å². The third kappa shape index (κ3) is 4.89. The van der Waals surface area contributed by atoms with E-state index in [-0.39, 0.29) is 0 Å². The molecular formula is C20H32N4. The van der Waals surface area contributed by atoms with E-state index in [4.69, 9.17) is 4.99 Å². The Balaban J connectivity index is 1.50. The van der Waals surface area contributed by atoms with Crippen molar-refractivity contribution in [3.63, 3.8) is 0 Å². The van der Waals surface area contributed by atoms with Crippen LogP contribution in [0, 0.1) is 5.92 Å². The lowest BCUT2D eigenvalue weighted by atomic mass is 9.96. The summed E-state index contributed by atoms with van der Waals surface area (Å²) in [5.41, 5.74) is 1.34. The molecule has 1 aromatic carbocycles. The molecule has 0 spiro atoms. The number of anilines is 1. The van der Waals surface area contributed by atoms with Gasteiger partial charge in [-0.15, -0.1) is 0 Å². The van der Waals surface area contributed by atoms with Gasteiger partial charge in [0.15, 0.2) is 5.96 Å². The number of aliphatic imine (C=N–C) groups is 1. The smallest absolute Gasteiger partial charge is 0.191 e. The van der Waals surface area contributed by atoms with Crippen molar-refractivity contribution in [2.24, 2.45) is 10.9 Å². The summed E-state index contributed by atoms with van der Waals surface area (Å²) in [6, 6.07) is 11.4. The van der Waals surface area contributed by atoms with Crippen LogP contribution < -0.4 is 15.5 Å². The highest BCUT2D eigenvalue weighted by Gasteiger charge is 2.22. The maximum atomic E-state index is 4.89. The first kappa shape index (κ1) is 17.1. The normalized spacial score (nSPS) is 22.6. The van der Waals surface area contributed by atoms with E-state index >= 15 is 0 Å². The minimum atomic E-state index is 0.612. The standard InChI is InChI=1S/C20H32N4/c1-2-21-20(23-18-9-5-3-6-10-18)22-15-17-13-14-24(16-17)19-11-7-4-8-12-19/h4,7-8,11-12,17-18H,2-3,5-6,9-10,13-16H2,1H3,(H2,21,22,23). The maximum Gasteiger partial charge on any atom is 0.191 e. The summed E-state index contributed by atoms with van der Waals surface area (Å²) in [5, 5.41) is 7.07. The molecule has 1 saturated carbocycles. The highest BCUT2D eigenvalue weighted by molar-refractivity contribution is 5.80. The molecule has 2 N–H and O–H groups in total. The van der Waals surface area contributed by atoms with Crippen molar-refractivity contribution >= 4 is 11.6 Å². The lowest BCUT2D eigenvalue weighted by molar-refractivity contribution is 0.409. The lowest BCUT2D eigenvalue weighted by Crippen LogP contribution is -2.44. The molecule has 4 heteroatoms. The van der Waals surface area contributed by atoms with Crippen molar-refractivity contribution in [3.05, 3.63) is 30.3 Å². The molecule has 1 saturated heterocycles. The minimum absolute atomic E-state index is 0.612. The van der Waals surface area contributed by atoms with Crippen LogP contribution >= 0.6 is 0 Å². The molecular weight excluding hydrogens is 296 g/mol. The Hall–Kier alpha value is -1.71. The molecule has 0 bridgehead atoms. The first-order valence-corrected chi connectivity index (χ1v) is 9.70. The van der Waals surface area contributed by atoms with Gasteiger partial charge in [0.2, 0.25) is 0 Å². The maximum absolute atomic E-state index is 4.89. The van der Waals surface area contributed by atoms with Gasteiger partial charge in [-0.05, 0) is 44.2 Å². The van der Waals surface area contributed by atoms with Crippen molar-refractivity contribution < 1.29 is 0 Å². The van der Waals surface area contributed by atoms with Gasteiger partial charge in [0.25, 0.3) is 0 Å². The number of para-hydroxylation sites is 1.